The van der Waals surface area contributed by atoms with Gasteiger partial charge in [-0.2, -0.15) is 22.7 Å². The van der Waals surface area contributed by atoms with E-state index in [1.807, 2.05) is 0 Å². The molecule has 0 fully saturated rings. The average Bonchev–Trinajstić information content (AvgIpc) is 2.55. The molecule has 0 bridgehead atoms. The third-order valence-corrected chi connectivity index (χ3v) is 3.53. The molecule has 0 N–H and O–H groups in total. The van der Waals surface area contributed by atoms with E-state index >= 15 is 0 Å². The van der Waals surface area contributed by atoms with Gasteiger partial charge in [0.25, 0.3) is 0 Å². The molecule has 1 aromatic heterocycles. The highest BCUT2D eigenvalue weighted by atomic mass is 35.5. The van der Waals surface area contributed by atoms with Crippen molar-refractivity contribution in [1.29, 1.82) is 0 Å². The largest absolute Gasteiger partial charge is 0.429 e. The molecule has 0 atom stereocenters. The van der Waals surface area contributed by atoms with E-state index in [0.717, 1.165) is 18.2 Å². The van der Waals surface area contributed by atoms with Gasteiger partial charge in [-0.25, -0.2) is 9.59 Å². The molecule has 5 nitrogen and oxygen atoms in total. The third kappa shape index (κ3) is 3.48. The highest BCUT2D eigenvalue weighted by Gasteiger charge is 2.30. The first-order valence-corrected chi connectivity index (χ1v) is 7.21. The summed E-state index contributed by atoms with van der Waals surface area (Å²) in [6.07, 6.45) is -4.57. The molecule has 3 aromatic rings. The van der Waals surface area contributed by atoms with E-state index in [2.05, 4.69) is 4.98 Å². The maximum absolute atomic E-state index is 12.8. The van der Waals surface area contributed by atoms with E-state index in [1.165, 1.54) is 30.3 Å². The smallest absolute Gasteiger partial charge is 0.390 e. The second-order valence-electron chi connectivity index (χ2n) is 4.96. The number of alkyl halides is 3. The molecule has 3 rings (SSSR count). The van der Waals surface area contributed by atoms with Crippen LogP contribution in [0.3, 0.4) is 0 Å². The Hall–Kier alpha value is -2.87. The fourth-order valence-corrected chi connectivity index (χ4v) is 2.25. The summed E-state index contributed by atoms with van der Waals surface area (Å²) in [5.74, 6) is -1.57. The highest BCUT2D eigenvalue weighted by molar-refractivity contribution is 6.30. The Morgan fingerprint density at radius 3 is 2.32 bits per heavy atom. The van der Waals surface area contributed by atoms with Crippen LogP contribution in [0, 0.1) is 0 Å². The molecule has 0 saturated carbocycles. The zero-order valence-electron chi connectivity index (χ0n) is 12.2. The van der Waals surface area contributed by atoms with Crippen LogP contribution in [0.15, 0.2) is 62.5 Å². The Morgan fingerprint density at radius 2 is 1.72 bits per heavy atom. The Balaban J connectivity index is 2.11. The summed E-state index contributed by atoms with van der Waals surface area (Å²) in [5.41, 5.74) is -1.89. The molecule has 1 heterocycles. The van der Waals surface area contributed by atoms with Crippen LogP contribution in [0.4, 0.5) is 13.2 Å². The van der Waals surface area contributed by atoms with Crippen LogP contribution in [-0.4, -0.2) is 9.55 Å². The molecule has 128 valence electrons. The van der Waals surface area contributed by atoms with E-state index in [-0.39, 0.29) is 11.3 Å². The van der Waals surface area contributed by atoms with Crippen LogP contribution in [0.25, 0.3) is 17.1 Å². The summed E-state index contributed by atoms with van der Waals surface area (Å²) in [4.78, 5) is 27.8. The molecular formula is C16H8ClF3N2O3. The zero-order chi connectivity index (χ0) is 18.2. The fourth-order valence-electron chi connectivity index (χ4n) is 2.12. The Bertz CT molecular complexity index is 1010. The Kier molecular flexibility index (Phi) is 4.22. The lowest BCUT2D eigenvalue weighted by Crippen LogP contribution is -2.33. The van der Waals surface area contributed by atoms with E-state index in [0.29, 0.717) is 9.59 Å². The topological polar surface area (TPSA) is 65.1 Å². The second-order valence-corrected chi connectivity index (χ2v) is 5.39. The normalized spacial score (nSPS) is 11.5. The molecule has 0 aliphatic carbocycles. The monoisotopic (exact) mass is 368 g/mol. The first-order chi connectivity index (χ1) is 11.8. The number of rotatable bonds is 2. The molecule has 0 aliphatic heterocycles. The van der Waals surface area contributed by atoms with Gasteiger partial charge in [-0.05, 0) is 42.5 Å². The van der Waals surface area contributed by atoms with Crippen LogP contribution in [0.1, 0.15) is 5.56 Å². The molecule has 0 amide bonds. The molecule has 0 radical (unpaired) electrons. The third-order valence-electron chi connectivity index (χ3n) is 3.28. The van der Waals surface area contributed by atoms with E-state index < -0.39 is 29.1 Å². The van der Waals surface area contributed by atoms with Crippen molar-refractivity contribution in [2.75, 3.05) is 0 Å². The molecule has 0 spiro atoms. The molecule has 2 aromatic carbocycles. The summed E-state index contributed by atoms with van der Waals surface area (Å²) in [7, 11) is 0. The summed E-state index contributed by atoms with van der Waals surface area (Å²) in [5, 5.41) is 0.398. The number of halogens is 4. The minimum absolute atomic E-state index is 0.132. The van der Waals surface area contributed by atoms with Crippen LogP contribution in [0.5, 0.6) is 0 Å². The second kappa shape index (κ2) is 6.21. The lowest BCUT2D eigenvalue weighted by Gasteiger charge is -2.08. The highest BCUT2D eigenvalue weighted by Crippen LogP contribution is 2.31. The van der Waals surface area contributed by atoms with E-state index in [9.17, 15) is 22.8 Å². The maximum Gasteiger partial charge on any atom is 0.429 e. The van der Waals surface area contributed by atoms with Crippen molar-refractivity contribution in [3.8, 4) is 17.1 Å². The number of hydrogen-bond donors (Lipinski definition) is 0. The first kappa shape index (κ1) is 17.0. The van der Waals surface area contributed by atoms with Gasteiger partial charge in [-0.3, -0.25) is 0 Å². The SMILES string of the molecule is O=c1nc(-c2cccc(C(F)(F)F)c2)oc(=O)n1-c1ccc(Cl)cc1. The van der Waals surface area contributed by atoms with Gasteiger partial charge in [-0.15, -0.1) is 0 Å². The quantitative estimate of drug-likeness (QED) is 0.694. The van der Waals surface area contributed by atoms with Gasteiger partial charge < -0.3 is 4.42 Å². The Labute approximate surface area is 142 Å². The van der Waals surface area contributed by atoms with Crippen molar-refractivity contribution in [3.63, 3.8) is 0 Å². The van der Waals surface area contributed by atoms with Gasteiger partial charge in [0.15, 0.2) is 0 Å². The fraction of sp³-hybridized carbons (Fsp3) is 0.0625. The molecule has 25 heavy (non-hydrogen) atoms. The van der Waals surface area contributed by atoms with Gasteiger partial charge in [0, 0.05) is 10.6 Å². The number of aromatic nitrogens is 2. The predicted molar refractivity (Wildman–Crippen MR) is 83.8 cm³/mol. The van der Waals surface area contributed by atoms with Crippen molar-refractivity contribution in [1.82, 2.24) is 9.55 Å². The number of hydrogen-bond acceptors (Lipinski definition) is 4. The lowest BCUT2D eigenvalue weighted by molar-refractivity contribution is -0.137. The minimum atomic E-state index is -4.57. The van der Waals surface area contributed by atoms with Crippen molar-refractivity contribution >= 4 is 11.6 Å². The molecule has 9 heteroatoms. The standard InChI is InChI=1S/C16H8ClF3N2O3/c17-11-4-6-12(7-5-11)22-14(23)21-13(25-15(22)24)9-2-1-3-10(8-9)16(18,19)20/h1-8H. The Morgan fingerprint density at radius 1 is 1.04 bits per heavy atom. The number of benzene rings is 2. The van der Waals surface area contributed by atoms with Crippen LogP contribution >= 0.6 is 11.6 Å². The lowest BCUT2D eigenvalue weighted by atomic mass is 10.1. The van der Waals surface area contributed by atoms with Gasteiger partial charge in [0.2, 0.25) is 5.89 Å². The van der Waals surface area contributed by atoms with Gasteiger partial charge in [0.05, 0.1) is 11.3 Å². The van der Waals surface area contributed by atoms with Crippen molar-refractivity contribution in [2.24, 2.45) is 0 Å². The van der Waals surface area contributed by atoms with Crippen LogP contribution in [0.2, 0.25) is 5.02 Å². The maximum atomic E-state index is 12.8. The summed E-state index contributed by atoms with van der Waals surface area (Å²) in [6.45, 7) is 0. The first-order valence-electron chi connectivity index (χ1n) is 6.83. The minimum Gasteiger partial charge on any atom is -0.390 e. The van der Waals surface area contributed by atoms with Gasteiger partial charge in [0.1, 0.15) is 0 Å². The molecule has 0 unspecified atom stereocenters. The van der Waals surface area contributed by atoms with E-state index in [1.54, 1.807) is 0 Å². The summed E-state index contributed by atoms with van der Waals surface area (Å²) in [6, 6.07) is 9.73. The van der Waals surface area contributed by atoms with Crippen molar-refractivity contribution < 1.29 is 17.6 Å². The van der Waals surface area contributed by atoms with Crippen LogP contribution in [-0.2, 0) is 6.18 Å². The molecule has 0 saturated heterocycles. The van der Waals surface area contributed by atoms with Gasteiger partial charge in [-0.1, -0.05) is 17.7 Å². The molecule has 0 aliphatic rings. The number of nitrogens with zero attached hydrogens (tertiary/aromatic N) is 2. The van der Waals surface area contributed by atoms with Crippen molar-refractivity contribution in [2.45, 2.75) is 6.18 Å². The molecular weight excluding hydrogens is 361 g/mol. The predicted octanol–water partition coefficient (Wildman–Crippen LogP) is 3.52. The summed E-state index contributed by atoms with van der Waals surface area (Å²) >= 11 is 5.74. The summed E-state index contributed by atoms with van der Waals surface area (Å²) < 4.78 is 43.9. The zero-order valence-corrected chi connectivity index (χ0v) is 13.0. The van der Waals surface area contributed by atoms with E-state index in [4.69, 9.17) is 16.0 Å². The van der Waals surface area contributed by atoms with Crippen LogP contribution < -0.4 is 11.4 Å². The van der Waals surface area contributed by atoms with Gasteiger partial charge >= 0.3 is 17.6 Å². The van der Waals surface area contributed by atoms with Crippen molar-refractivity contribution in [3.05, 3.63) is 80.2 Å². The average molecular weight is 369 g/mol.